The normalized spacial score (nSPS) is 18.2. The van der Waals surface area contributed by atoms with E-state index in [0.717, 1.165) is 9.80 Å². The Morgan fingerprint density at radius 1 is 1.07 bits per heavy atom. The van der Waals surface area contributed by atoms with Crippen LogP contribution in [0.5, 0.6) is 0 Å². The Balaban J connectivity index is 2.10. The average molecular weight is 374 g/mol. The number of anilines is 1. The average Bonchev–Trinajstić information content (AvgIpc) is 2.68. The summed E-state index contributed by atoms with van der Waals surface area (Å²) >= 11 is 0. The van der Waals surface area contributed by atoms with E-state index in [9.17, 15) is 24.5 Å². The van der Waals surface area contributed by atoms with Crippen LogP contribution in [0.15, 0.2) is 23.8 Å². The monoisotopic (exact) mass is 374 g/mol. The number of non-ortho nitro benzene ring substituents is 1. The minimum absolute atomic E-state index is 0.160. The second-order valence-corrected chi connectivity index (χ2v) is 6.17. The van der Waals surface area contributed by atoms with E-state index in [1.54, 1.807) is 6.07 Å². The van der Waals surface area contributed by atoms with E-state index in [2.05, 4.69) is 0 Å². The summed E-state index contributed by atoms with van der Waals surface area (Å²) in [5.41, 5.74) is 0.625. The lowest BCUT2D eigenvalue weighted by molar-refractivity contribution is -0.384. The van der Waals surface area contributed by atoms with Gasteiger partial charge in [-0.2, -0.15) is 0 Å². The van der Waals surface area contributed by atoms with Gasteiger partial charge in [-0.15, -0.1) is 0 Å². The smallest absolute Gasteiger partial charge is 0.333 e. The van der Waals surface area contributed by atoms with Crippen LogP contribution in [-0.4, -0.2) is 73.0 Å². The maximum Gasteiger partial charge on any atom is 0.333 e. The maximum atomic E-state index is 12.4. The molecule has 10 nitrogen and oxygen atoms in total. The molecule has 0 bridgehead atoms. The van der Waals surface area contributed by atoms with Crippen LogP contribution in [0.1, 0.15) is 5.56 Å². The molecule has 1 aromatic rings. The van der Waals surface area contributed by atoms with E-state index in [1.165, 1.54) is 32.3 Å². The van der Waals surface area contributed by atoms with Crippen LogP contribution in [0.4, 0.5) is 16.2 Å². The van der Waals surface area contributed by atoms with Gasteiger partial charge in [0.25, 0.3) is 17.5 Å². The molecule has 2 aliphatic heterocycles. The van der Waals surface area contributed by atoms with Gasteiger partial charge in [0.1, 0.15) is 5.57 Å². The van der Waals surface area contributed by atoms with Gasteiger partial charge >= 0.3 is 6.03 Å². The third-order valence-electron chi connectivity index (χ3n) is 4.52. The third kappa shape index (κ3) is 3.38. The summed E-state index contributed by atoms with van der Waals surface area (Å²) < 4.78 is 5.32. The third-order valence-corrected chi connectivity index (χ3v) is 4.52. The Hall–Kier alpha value is -3.27. The van der Waals surface area contributed by atoms with Crippen molar-refractivity contribution >= 4 is 35.3 Å². The molecule has 3 rings (SSSR count). The summed E-state index contributed by atoms with van der Waals surface area (Å²) in [7, 11) is 2.55. The second-order valence-electron chi connectivity index (χ2n) is 6.17. The van der Waals surface area contributed by atoms with Crippen molar-refractivity contribution in [3.8, 4) is 0 Å². The van der Waals surface area contributed by atoms with Crippen LogP contribution in [-0.2, 0) is 14.3 Å². The number of carbonyl (C=O) groups excluding carboxylic acids is 3. The molecule has 0 aromatic heterocycles. The fourth-order valence-electron chi connectivity index (χ4n) is 2.99. The van der Waals surface area contributed by atoms with Crippen molar-refractivity contribution < 1.29 is 24.0 Å². The Kier molecular flexibility index (Phi) is 4.91. The number of morpholine rings is 1. The number of carbonyl (C=O) groups is 3. The first-order chi connectivity index (χ1) is 12.8. The number of nitrogens with zero attached hydrogens (tertiary/aromatic N) is 4. The van der Waals surface area contributed by atoms with Crippen molar-refractivity contribution in [1.82, 2.24) is 9.80 Å². The zero-order chi connectivity index (χ0) is 19.7. The number of urea groups is 1. The van der Waals surface area contributed by atoms with E-state index >= 15 is 0 Å². The molecule has 142 valence electrons. The summed E-state index contributed by atoms with van der Waals surface area (Å²) in [5.74, 6) is -1.50. The molecule has 4 amide bonds. The van der Waals surface area contributed by atoms with Crippen molar-refractivity contribution in [2.24, 2.45) is 0 Å². The molecule has 0 N–H and O–H groups in total. The lowest BCUT2D eigenvalue weighted by atomic mass is 10.0. The number of hydrogen-bond acceptors (Lipinski definition) is 7. The molecule has 0 atom stereocenters. The van der Waals surface area contributed by atoms with Crippen LogP contribution in [0.25, 0.3) is 6.08 Å². The lowest BCUT2D eigenvalue weighted by Gasteiger charge is -2.31. The first kappa shape index (κ1) is 18.5. The lowest BCUT2D eigenvalue weighted by Crippen LogP contribution is -2.52. The number of imide groups is 2. The van der Waals surface area contributed by atoms with Gasteiger partial charge in [0.15, 0.2) is 0 Å². The molecule has 27 heavy (non-hydrogen) atoms. The van der Waals surface area contributed by atoms with Gasteiger partial charge in [0, 0.05) is 50.6 Å². The van der Waals surface area contributed by atoms with Gasteiger partial charge in [-0.05, 0) is 12.1 Å². The van der Waals surface area contributed by atoms with Crippen molar-refractivity contribution in [1.29, 1.82) is 0 Å². The standard InChI is InChI=1S/C17H18N4O6/c1-18-15(22)13(16(23)19(2)17(18)24)10-11-9-12(21(25)26)3-4-14(11)20-5-7-27-8-6-20/h3-4,9-10H,5-8H2,1-2H3. The highest BCUT2D eigenvalue weighted by Crippen LogP contribution is 2.29. The van der Waals surface area contributed by atoms with Crippen LogP contribution >= 0.6 is 0 Å². The van der Waals surface area contributed by atoms with E-state index < -0.39 is 22.8 Å². The molecule has 10 heteroatoms. The molecule has 1 aromatic carbocycles. The quantitative estimate of drug-likeness (QED) is 0.334. The topological polar surface area (TPSA) is 113 Å². The largest absolute Gasteiger partial charge is 0.378 e. The van der Waals surface area contributed by atoms with Gasteiger partial charge < -0.3 is 9.64 Å². The number of rotatable bonds is 3. The van der Waals surface area contributed by atoms with E-state index in [4.69, 9.17) is 4.74 Å². The summed E-state index contributed by atoms with van der Waals surface area (Å²) in [5, 5.41) is 11.2. The Bertz CT molecular complexity index is 833. The molecular formula is C17H18N4O6. The molecule has 2 heterocycles. The SMILES string of the molecule is CN1C(=O)C(=Cc2cc([N+](=O)[O-])ccc2N2CCOCC2)C(=O)N(C)C1=O. The van der Waals surface area contributed by atoms with Gasteiger partial charge in [-0.3, -0.25) is 29.5 Å². The van der Waals surface area contributed by atoms with Crippen molar-refractivity contribution in [3.63, 3.8) is 0 Å². The molecule has 0 radical (unpaired) electrons. The predicted octanol–water partition coefficient (Wildman–Crippen LogP) is 0.865. The summed E-state index contributed by atoms with van der Waals surface area (Å²) in [6.07, 6.45) is 1.31. The summed E-state index contributed by atoms with van der Waals surface area (Å²) in [6.45, 7) is 2.16. The van der Waals surface area contributed by atoms with Gasteiger partial charge in [0.2, 0.25) is 0 Å². The van der Waals surface area contributed by atoms with Crippen LogP contribution < -0.4 is 4.90 Å². The van der Waals surface area contributed by atoms with Crippen molar-refractivity contribution in [2.75, 3.05) is 45.3 Å². The highest BCUT2D eigenvalue weighted by atomic mass is 16.6. The molecule has 2 aliphatic rings. The van der Waals surface area contributed by atoms with Crippen LogP contribution in [0.3, 0.4) is 0 Å². The first-order valence-corrected chi connectivity index (χ1v) is 8.24. The number of nitro benzene ring substituents is 1. The molecule has 0 aliphatic carbocycles. The summed E-state index contributed by atoms with van der Waals surface area (Å²) in [6, 6.07) is 3.55. The van der Waals surface area contributed by atoms with Gasteiger partial charge in [-0.25, -0.2) is 4.79 Å². The molecule has 0 saturated carbocycles. The van der Waals surface area contributed by atoms with Gasteiger partial charge in [0.05, 0.1) is 18.1 Å². The minimum Gasteiger partial charge on any atom is -0.378 e. The number of ether oxygens (including phenoxy) is 1. The number of hydrogen-bond donors (Lipinski definition) is 0. The number of likely N-dealkylation sites (N-methyl/N-ethyl adjacent to an activating group) is 2. The van der Waals surface area contributed by atoms with Crippen molar-refractivity contribution in [2.45, 2.75) is 0 Å². The number of benzene rings is 1. The Morgan fingerprint density at radius 3 is 2.22 bits per heavy atom. The van der Waals surface area contributed by atoms with Crippen LogP contribution in [0, 0.1) is 10.1 Å². The van der Waals surface area contributed by atoms with Gasteiger partial charge in [-0.1, -0.05) is 0 Å². The maximum absolute atomic E-state index is 12.4. The number of barbiturate groups is 1. The molecule has 2 saturated heterocycles. The fraction of sp³-hybridized carbons (Fsp3) is 0.353. The molecule has 0 unspecified atom stereocenters. The number of amides is 4. The minimum atomic E-state index is -0.748. The second kappa shape index (κ2) is 7.16. The van der Waals surface area contributed by atoms with Crippen LogP contribution in [0.2, 0.25) is 0 Å². The molecule has 0 spiro atoms. The van der Waals surface area contributed by atoms with Crippen molar-refractivity contribution in [3.05, 3.63) is 39.4 Å². The highest BCUT2D eigenvalue weighted by Gasteiger charge is 2.38. The highest BCUT2D eigenvalue weighted by molar-refractivity contribution is 6.30. The Labute approximate surface area is 154 Å². The zero-order valence-corrected chi connectivity index (χ0v) is 14.9. The first-order valence-electron chi connectivity index (χ1n) is 8.24. The van der Waals surface area contributed by atoms with E-state index in [0.29, 0.717) is 37.6 Å². The fourth-order valence-corrected chi connectivity index (χ4v) is 2.99. The zero-order valence-electron chi connectivity index (χ0n) is 14.9. The number of nitro groups is 1. The van der Waals surface area contributed by atoms with E-state index in [-0.39, 0.29) is 11.3 Å². The molecule has 2 fully saturated rings. The Morgan fingerprint density at radius 2 is 1.67 bits per heavy atom. The van der Waals surface area contributed by atoms with E-state index in [1.807, 2.05) is 4.90 Å². The summed E-state index contributed by atoms with van der Waals surface area (Å²) in [4.78, 5) is 51.0. The molecular weight excluding hydrogens is 356 g/mol. The predicted molar refractivity (Wildman–Crippen MR) is 95.0 cm³/mol.